The van der Waals surface area contributed by atoms with Gasteiger partial charge in [-0.05, 0) is 42.3 Å². The van der Waals surface area contributed by atoms with E-state index in [9.17, 15) is 19.5 Å². The molecule has 1 aliphatic rings. The highest BCUT2D eigenvalue weighted by Gasteiger charge is 2.36. The van der Waals surface area contributed by atoms with Crippen molar-refractivity contribution in [1.82, 2.24) is 5.32 Å². The van der Waals surface area contributed by atoms with E-state index in [0.29, 0.717) is 11.4 Å². The van der Waals surface area contributed by atoms with Crippen LogP contribution in [0.1, 0.15) is 30.0 Å². The highest BCUT2D eigenvalue weighted by atomic mass is 16.5. The zero-order chi connectivity index (χ0) is 21.0. The predicted molar refractivity (Wildman–Crippen MR) is 108 cm³/mol. The summed E-state index contributed by atoms with van der Waals surface area (Å²) in [6, 6.07) is 13.8. The summed E-state index contributed by atoms with van der Waals surface area (Å²) in [5, 5.41) is 12.1. The van der Waals surface area contributed by atoms with Gasteiger partial charge in [0.25, 0.3) is 0 Å². The van der Waals surface area contributed by atoms with Gasteiger partial charge in [-0.3, -0.25) is 14.4 Å². The predicted octanol–water partition coefficient (Wildman–Crippen LogP) is 2.69. The van der Waals surface area contributed by atoms with Gasteiger partial charge in [0, 0.05) is 18.7 Å². The van der Waals surface area contributed by atoms with Crippen LogP contribution in [0.15, 0.2) is 48.5 Å². The van der Waals surface area contributed by atoms with Gasteiger partial charge in [-0.15, -0.1) is 0 Å². The molecule has 2 amide bonds. The number of nitrogens with zero attached hydrogens (tertiary/aromatic N) is 1. The average molecular weight is 396 g/mol. The van der Waals surface area contributed by atoms with Crippen LogP contribution >= 0.6 is 0 Å². The van der Waals surface area contributed by atoms with Crippen molar-refractivity contribution < 1.29 is 24.2 Å². The third kappa shape index (κ3) is 4.74. The van der Waals surface area contributed by atoms with Crippen molar-refractivity contribution >= 4 is 23.5 Å². The zero-order valence-corrected chi connectivity index (χ0v) is 16.4. The summed E-state index contributed by atoms with van der Waals surface area (Å²) in [6.45, 7) is 2.13. The summed E-state index contributed by atoms with van der Waals surface area (Å²) in [4.78, 5) is 38.2. The number of amides is 2. The lowest BCUT2D eigenvalue weighted by atomic mass is 9.97. The Morgan fingerprint density at radius 1 is 1.21 bits per heavy atom. The number of carboxylic acids is 1. The zero-order valence-electron chi connectivity index (χ0n) is 16.4. The van der Waals surface area contributed by atoms with E-state index in [1.54, 1.807) is 36.3 Å². The number of carboxylic acid groups (broad SMARTS) is 1. The first-order valence-electron chi connectivity index (χ1n) is 9.41. The van der Waals surface area contributed by atoms with E-state index in [2.05, 4.69) is 5.32 Å². The summed E-state index contributed by atoms with van der Waals surface area (Å²) < 4.78 is 5.13. The van der Waals surface area contributed by atoms with Crippen molar-refractivity contribution in [1.29, 1.82) is 0 Å². The second-order valence-electron chi connectivity index (χ2n) is 7.12. The van der Waals surface area contributed by atoms with Crippen molar-refractivity contribution in [2.24, 2.45) is 5.92 Å². The van der Waals surface area contributed by atoms with E-state index in [-0.39, 0.29) is 31.2 Å². The molecular formula is C22H24N2O5. The maximum absolute atomic E-state index is 12.8. The first-order valence-corrected chi connectivity index (χ1v) is 9.41. The smallest absolute Gasteiger partial charge is 0.305 e. The summed E-state index contributed by atoms with van der Waals surface area (Å²) in [6.07, 6.45) is -0.134. The number of carbonyl (C=O) groups excluding carboxylic acids is 2. The number of hydrogen-bond donors (Lipinski definition) is 2. The molecule has 2 N–H and O–H groups in total. The lowest BCUT2D eigenvalue weighted by Crippen LogP contribution is -2.36. The Bertz CT molecular complexity index is 910. The Balaban J connectivity index is 1.72. The molecule has 2 atom stereocenters. The molecule has 0 bridgehead atoms. The molecule has 1 aliphatic heterocycles. The lowest BCUT2D eigenvalue weighted by Gasteiger charge is -2.22. The molecule has 0 aliphatic carbocycles. The van der Waals surface area contributed by atoms with Crippen LogP contribution in [0, 0.1) is 12.8 Å². The largest absolute Gasteiger partial charge is 0.497 e. The highest BCUT2D eigenvalue weighted by Crippen LogP contribution is 2.28. The summed E-state index contributed by atoms with van der Waals surface area (Å²) in [7, 11) is 1.57. The second-order valence-corrected chi connectivity index (χ2v) is 7.12. The molecule has 3 rings (SSSR count). The van der Waals surface area contributed by atoms with Crippen molar-refractivity contribution in [2.75, 3.05) is 18.6 Å². The maximum Gasteiger partial charge on any atom is 0.305 e. The third-order valence-corrected chi connectivity index (χ3v) is 5.14. The lowest BCUT2D eigenvalue weighted by molar-refractivity contribution is -0.138. The number of carbonyl (C=O) groups is 3. The number of methoxy groups -OCH3 is 1. The third-order valence-electron chi connectivity index (χ3n) is 5.14. The fourth-order valence-electron chi connectivity index (χ4n) is 3.58. The molecule has 1 heterocycles. The van der Waals surface area contributed by atoms with Gasteiger partial charge >= 0.3 is 5.97 Å². The highest BCUT2D eigenvalue weighted by molar-refractivity contribution is 6.00. The van der Waals surface area contributed by atoms with Gasteiger partial charge in [-0.1, -0.05) is 24.3 Å². The Kier molecular flexibility index (Phi) is 6.16. The summed E-state index contributed by atoms with van der Waals surface area (Å²) in [5.74, 6) is -1.31. The summed E-state index contributed by atoms with van der Waals surface area (Å²) >= 11 is 0. The van der Waals surface area contributed by atoms with Crippen LogP contribution < -0.4 is 15.0 Å². The number of anilines is 1. The fraction of sp³-hybridized carbons (Fsp3) is 0.318. The molecule has 1 saturated heterocycles. The number of ether oxygens (including phenoxy) is 1. The van der Waals surface area contributed by atoms with Crippen molar-refractivity contribution in [3.8, 4) is 5.75 Å². The number of hydrogen-bond acceptors (Lipinski definition) is 4. The van der Waals surface area contributed by atoms with Gasteiger partial charge in [-0.2, -0.15) is 0 Å². The van der Waals surface area contributed by atoms with Crippen molar-refractivity contribution in [3.05, 3.63) is 59.7 Å². The van der Waals surface area contributed by atoms with Gasteiger partial charge in [0.1, 0.15) is 5.75 Å². The van der Waals surface area contributed by atoms with Gasteiger partial charge in [0.05, 0.1) is 25.5 Å². The van der Waals surface area contributed by atoms with Crippen LogP contribution in [0.25, 0.3) is 0 Å². The number of aliphatic carboxylic acids is 1. The molecule has 2 aromatic rings. The number of benzene rings is 2. The molecule has 152 valence electrons. The van der Waals surface area contributed by atoms with Crippen LogP contribution in [-0.2, 0) is 14.4 Å². The minimum Gasteiger partial charge on any atom is -0.497 e. The Labute approximate surface area is 169 Å². The van der Waals surface area contributed by atoms with Gasteiger partial charge in [0.15, 0.2) is 0 Å². The Hall–Kier alpha value is -3.35. The first-order chi connectivity index (χ1) is 13.9. The number of nitrogens with one attached hydrogen (secondary N) is 1. The molecule has 2 unspecified atom stereocenters. The van der Waals surface area contributed by atoms with Crippen LogP contribution in [0.5, 0.6) is 5.75 Å². The van der Waals surface area contributed by atoms with Crippen LogP contribution in [0.3, 0.4) is 0 Å². The molecule has 29 heavy (non-hydrogen) atoms. The normalized spacial score (nSPS) is 17.1. The van der Waals surface area contributed by atoms with E-state index in [4.69, 9.17) is 4.74 Å². The van der Waals surface area contributed by atoms with Gasteiger partial charge < -0.3 is 20.1 Å². The van der Waals surface area contributed by atoms with Crippen molar-refractivity contribution in [3.63, 3.8) is 0 Å². The molecular weight excluding hydrogens is 372 g/mol. The SMILES string of the molecule is COc1ccc(N2CC(C(=O)NC(CC(=O)O)c3ccccc3C)CC2=O)cc1. The molecule has 0 radical (unpaired) electrons. The molecule has 7 nitrogen and oxygen atoms in total. The molecule has 0 aromatic heterocycles. The molecule has 2 aromatic carbocycles. The van der Waals surface area contributed by atoms with Gasteiger partial charge in [0.2, 0.25) is 11.8 Å². The van der Waals surface area contributed by atoms with E-state index in [0.717, 1.165) is 11.1 Å². The number of aryl methyl sites for hydroxylation is 1. The molecule has 0 spiro atoms. The average Bonchev–Trinajstić information content (AvgIpc) is 3.09. The standard InChI is InChI=1S/C22H24N2O5/c1-14-5-3-4-6-18(14)19(12-21(26)27)23-22(28)15-11-20(25)24(13-15)16-7-9-17(29-2)10-8-16/h3-10,15,19H,11-13H2,1-2H3,(H,23,28)(H,26,27). The quantitative estimate of drug-likeness (QED) is 0.750. The second kappa shape index (κ2) is 8.77. The first kappa shape index (κ1) is 20.4. The van der Waals surface area contributed by atoms with Gasteiger partial charge in [-0.25, -0.2) is 0 Å². The van der Waals surface area contributed by atoms with E-state index in [1.807, 2.05) is 31.2 Å². The van der Waals surface area contributed by atoms with Crippen LogP contribution in [-0.4, -0.2) is 36.5 Å². The molecule has 1 fully saturated rings. The van der Waals surface area contributed by atoms with E-state index < -0.39 is 17.9 Å². The van der Waals surface area contributed by atoms with Crippen LogP contribution in [0.2, 0.25) is 0 Å². The number of rotatable bonds is 7. The maximum atomic E-state index is 12.8. The van der Waals surface area contributed by atoms with Crippen molar-refractivity contribution in [2.45, 2.75) is 25.8 Å². The molecule has 7 heteroatoms. The monoisotopic (exact) mass is 396 g/mol. The summed E-state index contributed by atoms with van der Waals surface area (Å²) in [5.41, 5.74) is 2.37. The van der Waals surface area contributed by atoms with E-state index >= 15 is 0 Å². The fourth-order valence-corrected chi connectivity index (χ4v) is 3.58. The minimum atomic E-state index is -0.999. The van der Waals surface area contributed by atoms with Crippen LogP contribution in [0.4, 0.5) is 5.69 Å². The topological polar surface area (TPSA) is 95.9 Å². The Morgan fingerprint density at radius 3 is 2.52 bits per heavy atom. The van der Waals surface area contributed by atoms with E-state index in [1.165, 1.54) is 0 Å². The Morgan fingerprint density at radius 2 is 1.90 bits per heavy atom. The minimum absolute atomic E-state index is 0.0887. The molecule has 0 saturated carbocycles.